The summed E-state index contributed by atoms with van der Waals surface area (Å²) >= 11 is 0. The van der Waals surface area contributed by atoms with Crippen LogP contribution in [0.3, 0.4) is 0 Å². The van der Waals surface area contributed by atoms with Crippen LogP contribution in [0.1, 0.15) is 37.5 Å². The third-order valence-corrected chi connectivity index (χ3v) is 3.40. The first-order valence-corrected chi connectivity index (χ1v) is 6.56. The number of likely N-dealkylation sites (N-methyl/N-ethyl adjacent to an activating group) is 1. The number of aromatic nitrogens is 3. The molecule has 1 saturated heterocycles. The SMILES string of the molecule is [2H]c1nc(N(C([2H])([2H])[2H])[C@@]2([2H])CN(C(=O)C([2H])([2H])C#N)CC[C@@]2([2H])C([2H])([2H])[2H])c2c([2H])c([2H])[nH]c2n1. The number of fused-ring (bicyclic) bond motifs is 1. The van der Waals surface area contributed by atoms with E-state index in [1.807, 2.05) is 0 Å². The number of anilines is 1. The molecule has 23 heavy (non-hydrogen) atoms. The lowest BCUT2D eigenvalue weighted by atomic mass is 9.92. The average molecular weight is 325 g/mol. The number of aromatic amines is 1. The zero-order chi connectivity index (χ0) is 27.6. The maximum Gasteiger partial charge on any atom is 0.236 e. The predicted octanol–water partition coefficient (Wildman–Crippen LogP) is 1.54. The van der Waals surface area contributed by atoms with Crippen LogP contribution in [0.2, 0.25) is 0 Å². The molecule has 0 bridgehead atoms. The Kier molecular flexibility index (Phi) is 1.66. The molecule has 0 aromatic carbocycles. The summed E-state index contributed by atoms with van der Waals surface area (Å²) in [4.78, 5) is 23.2. The number of carbonyl (C=O) groups is 1. The molecule has 7 heteroatoms. The van der Waals surface area contributed by atoms with Crippen LogP contribution < -0.4 is 4.90 Å². The van der Waals surface area contributed by atoms with Crippen LogP contribution in [-0.4, -0.2) is 51.8 Å². The molecule has 0 radical (unpaired) electrons. The minimum Gasteiger partial charge on any atom is -0.354 e. The molecule has 1 N–H and O–H groups in total. The van der Waals surface area contributed by atoms with Crippen molar-refractivity contribution in [3.8, 4) is 6.07 Å². The maximum absolute atomic E-state index is 12.7. The minimum atomic E-state index is -3.45. The summed E-state index contributed by atoms with van der Waals surface area (Å²) in [6, 6.07) is -2.56. The number of H-pyrrole nitrogens is 1. The normalized spacial score (nSPS) is 37.5. The van der Waals surface area contributed by atoms with E-state index in [0.717, 1.165) is 6.07 Å². The molecule has 120 valence electrons. The topological polar surface area (TPSA) is 88.9 Å². The lowest BCUT2D eigenvalue weighted by Crippen LogP contribution is -2.52. The van der Waals surface area contributed by atoms with E-state index in [9.17, 15) is 4.79 Å². The zero-order valence-corrected chi connectivity index (χ0v) is 11.8. The van der Waals surface area contributed by atoms with Gasteiger partial charge in [0.2, 0.25) is 5.91 Å². The molecular weight excluding hydrogens is 292 g/mol. The van der Waals surface area contributed by atoms with Crippen LogP contribution in [0.15, 0.2) is 18.5 Å². The molecule has 1 aliphatic heterocycles. The van der Waals surface area contributed by atoms with Gasteiger partial charge in [-0.15, -0.1) is 0 Å². The number of nitriles is 1. The van der Waals surface area contributed by atoms with Gasteiger partial charge in [0, 0.05) is 35.8 Å². The van der Waals surface area contributed by atoms with Crippen molar-refractivity contribution >= 4 is 22.8 Å². The van der Waals surface area contributed by atoms with E-state index in [2.05, 4.69) is 15.0 Å². The molecule has 1 aliphatic rings. The fourth-order valence-corrected chi connectivity index (χ4v) is 2.24. The number of carbonyl (C=O) groups excluding carboxylic acids is 1. The molecule has 1 amide bonds. The Morgan fingerprint density at radius 2 is 2.70 bits per heavy atom. The van der Waals surface area contributed by atoms with Crippen molar-refractivity contribution in [2.45, 2.75) is 25.7 Å². The van der Waals surface area contributed by atoms with Crippen molar-refractivity contribution < 1.29 is 22.6 Å². The largest absolute Gasteiger partial charge is 0.354 e. The summed E-state index contributed by atoms with van der Waals surface area (Å²) in [6.45, 7) is -8.46. The molecule has 0 unspecified atom stereocenters. The lowest BCUT2D eigenvalue weighted by Gasteiger charge is -2.42. The van der Waals surface area contributed by atoms with Gasteiger partial charge < -0.3 is 14.8 Å². The van der Waals surface area contributed by atoms with Crippen LogP contribution in [0.4, 0.5) is 5.82 Å². The smallest absolute Gasteiger partial charge is 0.236 e. The van der Waals surface area contributed by atoms with Crippen molar-refractivity contribution in [1.82, 2.24) is 19.9 Å². The number of nitrogens with zero attached hydrogens (tertiary/aromatic N) is 5. The summed E-state index contributed by atoms with van der Waals surface area (Å²) in [7, 11) is 0. The number of amides is 1. The van der Waals surface area contributed by atoms with E-state index in [4.69, 9.17) is 23.1 Å². The number of hydrogen-bond acceptors (Lipinski definition) is 5. The first-order valence-electron chi connectivity index (χ1n) is 13.1. The van der Waals surface area contributed by atoms with Crippen molar-refractivity contribution in [3.05, 3.63) is 18.5 Å². The molecule has 2 atom stereocenters. The molecule has 1 fully saturated rings. The highest BCUT2D eigenvalue weighted by molar-refractivity contribution is 5.87. The van der Waals surface area contributed by atoms with Gasteiger partial charge in [-0.1, -0.05) is 6.85 Å². The van der Waals surface area contributed by atoms with Crippen molar-refractivity contribution in [1.29, 1.82) is 5.26 Å². The van der Waals surface area contributed by atoms with E-state index in [1.54, 1.807) is 0 Å². The van der Waals surface area contributed by atoms with Gasteiger partial charge >= 0.3 is 0 Å². The molecular formula is C16H20N6O. The highest BCUT2D eigenvalue weighted by atomic mass is 16.2. The first-order chi connectivity index (χ1) is 16.2. The second-order valence-corrected chi connectivity index (χ2v) is 4.72. The van der Waals surface area contributed by atoms with Crippen molar-refractivity contribution in [2.75, 3.05) is 25.0 Å². The van der Waals surface area contributed by atoms with Crippen LogP contribution in [0.25, 0.3) is 11.0 Å². The van der Waals surface area contributed by atoms with Gasteiger partial charge in [0.15, 0.2) is 0 Å². The predicted molar refractivity (Wildman–Crippen MR) is 86.7 cm³/mol. The number of rotatable bonds is 3. The van der Waals surface area contributed by atoms with Gasteiger partial charge in [-0.3, -0.25) is 4.79 Å². The Hall–Kier alpha value is -2.62. The van der Waals surface area contributed by atoms with Gasteiger partial charge in [0.05, 0.1) is 24.3 Å². The quantitative estimate of drug-likeness (QED) is 0.925. The summed E-state index contributed by atoms with van der Waals surface area (Å²) in [6.07, 6.45) is -5.23. The number of piperidine rings is 1. The highest BCUT2D eigenvalue weighted by Crippen LogP contribution is 2.28. The van der Waals surface area contributed by atoms with E-state index in [1.165, 1.54) is 0 Å². The highest BCUT2D eigenvalue weighted by Gasteiger charge is 2.32. The first kappa shape index (κ1) is 6.11. The zero-order valence-electron chi connectivity index (χ0n) is 24.8. The summed E-state index contributed by atoms with van der Waals surface area (Å²) in [5.41, 5.74) is -0.313. The van der Waals surface area contributed by atoms with Gasteiger partial charge in [0.25, 0.3) is 0 Å². The van der Waals surface area contributed by atoms with Crippen LogP contribution in [0.5, 0.6) is 0 Å². The maximum atomic E-state index is 12.7. The van der Waals surface area contributed by atoms with Gasteiger partial charge in [0.1, 0.15) is 25.5 Å². The van der Waals surface area contributed by atoms with Crippen LogP contribution in [-0.2, 0) is 4.79 Å². The fourth-order valence-electron chi connectivity index (χ4n) is 2.24. The fraction of sp³-hybridized carbons (Fsp3) is 0.500. The lowest BCUT2D eigenvalue weighted by molar-refractivity contribution is -0.131. The van der Waals surface area contributed by atoms with Gasteiger partial charge in [-0.2, -0.15) is 5.26 Å². The van der Waals surface area contributed by atoms with E-state index < -0.39 is 87.3 Å². The number of likely N-dealkylation sites (tertiary alicyclic amines) is 1. The Labute approximate surface area is 153 Å². The van der Waals surface area contributed by atoms with Crippen LogP contribution in [0, 0.1) is 17.2 Å². The molecule has 3 rings (SSSR count). The van der Waals surface area contributed by atoms with E-state index in [0.29, 0.717) is 4.90 Å². The van der Waals surface area contributed by atoms with Gasteiger partial charge in [-0.25, -0.2) is 9.97 Å². The number of nitrogens with one attached hydrogen (secondary N) is 1. The molecule has 2 aromatic heterocycles. The average Bonchev–Trinajstić information content (AvgIpc) is 3.01. The Morgan fingerprint density at radius 1 is 1.78 bits per heavy atom. The molecule has 0 spiro atoms. The molecule has 2 aromatic rings. The summed E-state index contributed by atoms with van der Waals surface area (Å²) in [5.74, 6) is -5.17. The van der Waals surface area contributed by atoms with Crippen LogP contribution >= 0.6 is 0 Å². The number of hydrogen-bond donors (Lipinski definition) is 1. The van der Waals surface area contributed by atoms with E-state index >= 15 is 0 Å². The standard InChI is InChI=1S/C16H20N6O/c1-11-5-8-22(14(23)3-6-17)9-13(11)21(2)16-12-4-7-18-15(12)19-10-20-16/h4,7,10-11,13H,3,5,8-9H2,1-2H3,(H,18,19,20)/t11-,13+/m1/s1/i1D3,2D3,3D2,4D,7D,10D,11D,13D. The monoisotopic (exact) mass is 325 g/mol. The Morgan fingerprint density at radius 3 is 3.48 bits per heavy atom. The van der Waals surface area contributed by atoms with E-state index in [-0.39, 0.29) is 10.5 Å². The Bertz CT molecular complexity index is 1250. The molecule has 3 heterocycles. The third-order valence-electron chi connectivity index (χ3n) is 3.40. The third kappa shape index (κ3) is 2.84. The van der Waals surface area contributed by atoms with Crippen molar-refractivity contribution in [2.24, 2.45) is 5.89 Å². The second-order valence-electron chi connectivity index (χ2n) is 4.72. The molecule has 0 aliphatic carbocycles. The Balaban J connectivity index is 2.38. The minimum absolute atomic E-state index is 0.133. The van der Waals surface area contributed by atoms with Gasteiger partial charge in [-0.05, 0) is 18.4 Å². The molecule has 0 saturated carbocycles. The molecule has 7 nitrogen and oxygen atoms in total. The van der Waals surface area contributed by atoms with Crippen molar-refractivity contribution in [3.63, 3.8) is 0 Å². The second kappa shape index (κ2) is 6.24. The summed E-state index contributed by atoms with van der Waals surface area (Å²) < 4.78 is 105. The summed E-state index contributed by atoms with van der Waals surface area (Å²) in [5, 5.41) is 8.60.